The van der Waals surface area contributed by atoms with Crippen LogP contribution in [0.25, 0.3) is 73.0 Å². The molecule has 1 aliphatic carbocycles. The lowest BCUT2D eigenvalue weighted by Gasteiger charge is -2.24. The lowest BCUT2D eigenvalue weighted by Crippen LogP contribution is -2.49. The Bertz CT molecular complexity index is 2680. The van der Waals surface area contributed by atoms with Crippen LogP contribution in [0.15, 0.2) is 89.4 Å². The molecule has 0 fully saturated rings. The van der Waals surface area contributed by atoms with Gasteiger partial charge in [0.15, 0.2) is 17.5 Å². The molecule has 5 nitrogen and oxygen atoms in total. The Morgan fingerprint density at radius 2 is 1.02 bits per heavy atom. The van der Waals surface area contributed by atoms with E-state index in [1.54, 1.807) is 0 Å². The molecule has 0 saturated heterocycles. The first-order valence-electron chi connectivity index (χ1n) is 16.5. The van der Waals surface area contributed by atoms with Gasteiger partial charge in [0.05, 0.1) is 6.04 Å². The maximum absolute atomic E-state index is 6.67. The second-order valence-electron chi connectivity index (χ2n) is 12.9. The van der Waals surface area contributed by atoms with E-state index in [0.717, 1.165) is 33.4 Å². The van der Waals surface area contributed by atoms with E-state index < -0.39 is 0 Å². The molecule has 1 unspecified atom stereocenters. The number of aromatic nitrogens is 4. The van der Waals surface area contributed by atoms with Crippen LogP contribution in [0, 0.1) is 0 Å². The van der Waals surface area contributed by atoms with Crippen LogP contribution in [-0.2, 0) is 6.42 Å². The monoisotopic (exact) mass is 646 g/mol. The average molecular weight is 645 g/mol. The van der Waals surface area contributed by atoms with Crippen molar-refractivity contribution in [2.24, 2.45) is 0 Å². The summed E-state index contributed by atoms with van der Waals surface area (Å²) in [6, 6.07) is 25.3. The van der Waals surface area contributed by atoms with Gasteiger partial charge in [-0.2, -0.15) is 0 Å². The zero-order chi connectivity index (χ0) is 36.0. The van der Waals surface area contributed by atoms with Crippen molar-refractivity contribution in [1.29, 1.82) is 0 Å². The first-order chi connectivity index (χ1) is 25.1. The Hall–Kier alpha value is -5.29. The van der Waals surface area contributed by atoms with Crippen molar-refractivity contribution in [1.82, 2.24) is 19.5 Å². The quantitative estimate of drug-likeness (QED) is 0.251. The lowest BCUT2D eigenvalue weighted by atomic mass is 9.63. The summed E-state index contributed by atoms with van der Waals surface area (Å²) in [5.41, 5.74) is 6.79. The number of allylic oxidation sites excluding steroid dienone is 1. The molecule has 9 rings (SSSR count). The minimum absolute atomic E-state index is 0.150. The maximum atomic E-state index is 6.67. The first kappa shape index (κ1) is 32.6. The van der Waals surface area contributed by atoms with Gasteiger partial charge in [-0.05, 0) is 22.9 Å². The summed E-state index contributed by atoms with van der Waals surface area (Å²) in [6.45, 7) is 0. The van der Waals surface area contributed by atoms with Gasteiger partial charge in [-0.3, -0.25) is 0 Å². The summed E-state index contributed by atoms with van der Waals surface area (Å²) in [5, 5.41) is 1.95. The highest BCUT2D eigenvalue weighted by atomic mass is 16.3. The molecule has 13 heteroatoms. The smallest absolute Gasteiger partial charge is 0.164 e. The third-order valence-electron chi connectivity index (χ3n) is 9.97. The third-order valence-corrected chi connectivity index (χ3v) is 9.97. The Kier molecular flexibility index (Phi) is 7.62. The predicted molar refractivity (Wildman–Crippen MR) is 220 cm³/mol. The van der Waals surface area contributed by atoms with Crippen molar-refractivity contribution in [2.45, 2.75) is 12.5 Å². The van der Waals surface area contributed by atoms with Gasteiger partial charge in [0.25, 0.3) is 0 Å². The fourth-order valence-corrected chi connectivity index (χ4v) is 7.30. The van der Waals surface area contributed by atoms with Gasteiger partial charge in [-0.1, -0.05) is 101 Å². The molecule has 16 radical (unpaired) electrons. The number of nitrogens with zero attached hydrogens (tertiary/aromatic N) is 4. The van der Waals surface area contributed by atoms with Crippen LogP contribution in [0.2, 0.25) is 0 Å². The van der Waals surface area contributed by atoms with Crippen molar-refractivity contribution >= 4 is 145 Å². The SMILES string of the molecule is [B]c1c([B])c([B])c2c(c1[B])c1c([B])c([B])c([B])c([B])c1n2C1C=Cc2c(oc3cc(-c4nc(-c5ccccc5)nc(-c5ccccc5)n4)ccc23)C1. The van der Waals surface area contributed by atoms with Crippen molar-refractivity contribution in [2.75, 3.05) is 0 Å². The molecule has 8 aromatic rings. The Morgan fingerprint density at radius 1 is 0.538 bits per heavy atom. The molecule has 1 atom stereocenters. The summed E-state index contributed by atoms with van der Waals surface area (Å²) >= 11 is 0. The molecule has 3 heterocycles. The Labute approximate surface area is 311 Å². The molecule has 0 bridgehead atoms. The molecule has 0 spiro atoms. The molecule has 52 heavy (non-hydrogen) atoms. The minimum Gasteiger partial charge on any atom is -0.460 e. The molecule has 224 valence electrons. The van der Waals surface area contributed by atoms with Crippen molar-refractivity contribution in [3.8, 4) is 34.2 Å². The van der Waals surface area contributed by atoms with Gasteiger partial charge in [0, 0.05) is 45.1 Å². The summed E-state index contributed by atoms with van der Waals surface area (Å²) in [4.78, 5) is 14.6. The van der Waals surface area contributed by atoms with Crippen LogP contribution in [-0.4, -0.2) is 82.3 Å². The highest BCUT2D eigenvalue weighted by Crippen LogP contribution is 2.38. The minimum atomic E-state index is -0.354. The topological polar surface area (TPSA) is 56.7 Å². The number of fused-ring (bicyclic) bond motifs is 6. The predicted octanol–water partition coefficient (Wildman–Crippen LogP) is -0.112. The summed E-state index contributed by atoms with van der Waals surface area (Å²) in [5.74, 6) is 2.43. The molecule has 0 N–H and O–H groups in total. The van der Waals surface area contributed by atoms with Crippen molar-refractivity contribution in [3.05, 3.63) is 96.3 Å². The molecule has 1 aliphatic rings. The number of hydrogen-bond acceptors (Lipinski definition) is 4. The second kappa shape index (κ2) is 12.2. The van der Waals surface area contributed by atoms with Crippen LogP contribution in [0.3, 0.4) is 0 Å². The standard InChI is InChI=1S/C39H18B8N4O/c40-27-25-26-28(41)30(43)32(45)34(47)36(26)51(35(25)33(46)31(44)29(27)42)20-12-14-22-21-13-11-19(15-23(21)52-24(22)16-20)39-49-37(17-7-3-1-4-8-17)48-38(50-39)18-9-5-2-6-10-18/h1-15,20H,16H2. The average Bonchev–Trinajstić information content (AvgIpc) is 3.74. The maximum Gasteiger partial charge on any atom is 0.164 e. The van der Waals surface area contributed by atoms with Gasteiger partial charge in [-0.15, -0.1) is 21.9 Å². The van der Waals surface area contributed by atoms with E-state index in [1.807, 2.05) is 89.5 Å². The number of furan rings is 1. The van der Waals surface area contributed by atoms with E-state index >= 15 is 0 Å². The Morgan fingerprint density at radius 3 is 1.54 bits per heavy atom. The fourth-order valence-electron chi connectivity index (χ4n) is 7.30. The molecule has 5 aromatic carbocycles. The van der Waals surface area contributed by atoms with E-state index in [9.17, 15) is 0 Å². The number of hydrogen-bond donors (Lipinski definition) is 0. The Balaban J connectivity index is 1.18. The fraction of sp³-hybridized carbons (Fsp3) is 0.0513. The molecule has 0 amide bonds. The van der Waals surface area contributed by atoms with Gasteiger partial charge in [-0.25, -0.2) is 15.0 Å². The molecular formula is C39H18B8N4O. The molecule has 0 saturated carbocycles. The highest BCUT2D eigenvalue weighted by molar-refractivity contribution is 6.71. The van der Waals surface area contributed by atoms with Crippen LogP contribution >= 0.6 is 0 Å². The van der Waals surface area contributed by atoms with Crippen molar-refractivity contribution in [3.63, 3.8) is 0 Å². The van der Waals surface area contributed by atoms with Gasteiger partial charge < -0.3 is 8.98 Å². The highest BCUT2D eigenvalue weighted by Gasteiger charge is 2.28. The van der Waals surface area contributed by atoms with Crippen LogP contribution in [0.5, 0.6) is 0 Å². The van der Waals surface area contributed by atoms with Crippen molar-refractivity contribution < 1.29 is 4.42 Å². The van der Waals surface area contributed by atoms with Crippen LogP contribution in [0.1, 0.15) is 17.4 Å². The van der Waals surface area contributed by atoms with E-state index in [4.69, 9.17) is 82.1 Å². The van der Waals surface area contributed by atoms with E-state index in [2.05, 4.69) is 6.08 Å². The summed E-state index contributed by atoms with van der Waals surface area (Å²) in [7, 11) is 51.9. The number of rotatable bonds is 4. The van der Waals surface area contributed by atoms with Crippen LogP contribution in [0.4, 0.5) is 0 Å². The first-order valence-corrected chi connectivity index (χ1v) is 16.5. The largest absolute Gasteiger partial charge is 0.460 e. The van der Waals surface area contributed by atoms with E-state index in [0.29, 0.717) is 51.3 Å². The number of benzene rings is 5. The zero-order valence-corrected chi connectivity index (χ0v) is 27.8. The third kappa shape index (κ3) is 4.85. The molecule has 3 aromatic heterocycles. The van der Waals surface area contributed by atoms with Gasteiger partial charge in [0.1, 0.15) is 74.1 Å². The van der Waals surface area contributed by atoms with Gasteiger partial charge >= 0.3 is 0 Å². The van der Waals surface area contributed by atoms with Crippen LogP contribution < -0.4 is 43.7 Å². The molecular weight excluding hydrogens is 627 g/mol. The normalized spacial score (nSPS) is 14.0. The lowest BCUT2D eigenvalue weighted by molar-refractivity contribution is 0.500. The molecule has 0 aliphatic heterocycles. The summed E-state index contributed by atoms with van der Waals surface area (Å²) < 4.78 is 8.54. The van der Waals surface area contributed by atoms with E-state index in [-0.39, 0.29) is 49.7 Å². The zero-order valence-electron chi connectivity index (χ0n) is 27.8. The van der Waals surface area contributed by atoms with E-state index in [1.165, 1.54) is 0 Å². The van der Waals surface area contributed by atoms with Gasteiger partial charge in [0.2, 0.25) is 0 Å². The second-order valence-corrected chi connectivity index (χ2v) is 12.9. The summed E-state index contributed by atoms with van der Waals surface area (Å²) in [6.07, 6.45) is 4.51.